The Kier molecular flexibility index (Phi) is 8.41. The van der Waals surface area contributed by atoms with E-state index in [-0.39, 0.29) is 17.7 Å². The predicted octanol–water partition coefficient (Wildman–Crippen LogP) is 5.24. The first-order valence-corrected chi connectivity index (χ1v) is 15.6. The third kappa shape index (κ3) is 5.85. The van der Waals surface area contributed by atoms with Crippen LogP contribution in [-0.4, -0.2) is 34.2 Å². The molecule has 0 amide bonds. The summed E-state index contributed by atoms with van der Waals surface area (Å²) in [6.45, 7) is 1.91. The number of carbonyl (C=O) groups excluding carboxylic acids is 1. The number of rotatable bonds is 8. The molecule has 2 aromatic carbocycles. The van der Waals surface area contributed by atoms with Gasteiger partial charge in [-0.3, -0.25) is 9.36 Å². The van der Waals surface area contributed by atoms with Gasteiger partial charge in [0.05, 0.1) is 40.0 Å². The van der Waals surface area contributed by atoms with Gasteiger partial charge in [0.1, 0.15) is 11.5 Å². The number of esters is 1. The molecule has 43 heavy (non-hydrogen) atoms. The Balaban J connectivity index is 1.55. The van der Waals surface area contributed by atoms with Crippen molar-refractivity contribution < 1.29 is 18.7 Å². The first-order chi connectivity index (χ1) is 21.0. The van der Waals surface area contributed by atoms with Crippen molar-refractivity contribution in [2.75, 3.05) is 13.7 Å². The zero-order valence-electron chi connectivity index (χ0n) is 22.9. The minimum Gasteiger partial charge on any atom is -0.497 e. The molecular formula is C31H23BrN4O5S2. The van der Waals surface area contributed by atoms with Gasteiger partial charge in [0, 0.05) is 24.0 Å². The lowest BCUT2D eigenvalue weighted by molar-refractivity contribution is -0.138. The zero-order valence-corrected chi connectivity index (χ0v) is 26.1. The van der Waals surface area contributed by atoms with Crippen molar-refractivity contribution in [3.63, 3.8) is 0 Å². The standard InChI is InChI=1S/C31H23BrN4O5S2/c1-3-40-28(38)24-25(18-9-5-4-6-10-18)35-31-36(26(24)19-11-7-12-20(15-19)39-2)27(37)23(42-31)17-21-16-22(32)29(41-21)43-30-33-13-8-14-34-30/h4-17,26H,3H2,1-2H3/b23-17+/t26-/m1/s1. The highest BCUT2D eigenvalue weighted by molar-refractivity contribution is 9.10. The summed E-state index contributed by atoms with van der Waals surface area (Å²) in [5, 5.41) is 1.08. The third-order valence-electron chi connectivity index (χ3n) is 6.46. The predicted molar refractivity (Wildman–Crippen MR) is 167 cm³/mol. The van der Waals surface area contributed by atoms with E-state index in [0.29, 0.717) is 46.8 Å². The largest absolute Gasteiger partial charge is 0.497 e. The van der Waals surface area contributed by atoms with E-state index in [4.69, 9.17) is 18.9 Å². The van der Waals surface area contributed by atoms with E-state index < -0.39 is 12.0 Å². The molecule has 0 spiro atoms. The molecule has 0 bridgehead atoms. The summed E-state index contributed by atoms with van der Waals surface area (Å²) >= 11 is 6.00. The van der Waals surface area contributed by atoms with Gasteiger partial charge in [0.15, 0.2) is 15.1 Å². The van der Waals surface area contributed by atoms with Crippen LogP contribution in [0.2, 0.25) is 0 Å². The highest BCUT2D eigenvalue weighted by Crippen LogP contribution is 2.37. The monoisotopic (exact) mass is 674 g/mol. The molecule has 0 saturated heterocycles. The molecule has 5 aromatic rings. The van der Waals surface area contributed by atoms with E-state index in [1.165, 1.54) is 27.7 Å². The summed E-state index contributed by atoms with van der Waals surface area (Å²) in [6.07, 6.45) is 4.98. The van der Waals surface area contributed by atoms with Gasteiger partial charge in [0.25, 0.3) is 5.56 Å². The number of aromatic nitrogens is 3. The highest BCUT2D eigenvalue weighted by atomic mass is 79.9. The zero-order chi connectivity index (χ0) is 29.9. The number of benzene rings is 2. The minimum atomic E-state index is -0.813. The number of fused-ring (bicyclic) bond motifs is 1. The van der Waals surface area contributed by atoms with Crippen LogP contribution in [-0.2, 0) is 9.53 Å². The molecule has 12 heteroatoms. The molecule has 6 rings (SSSR count). The molecule has 0 radical (unpaired) electrons. The molecule has 216 valence electrons. The number of methoxy groups -OCH3 is 1. The molecule has 9 nitrogen and oxygen atoms in total. The van der Waals surface area contributed by atoms with Crippen LogP contribution in [0.1, 0.15) is 29.9 Å². The molecule has 4 heterocycles. The fraction of sp³-hybridized carbons (Fsp3) is 0.129. The summed E-state index contributed by atoms with van der Waals surface area (Å²) in [6, 6.07) is 19.4. The molecule has 1 atom stereocenters. The van der Waals surface area contributed by atoms with E-state index in [2.05, 4.69) is 25.9 Å². The second-order valence-electron chi connectivity index (χ2n) is 9.13. The lowest BCUT2D eigenvalue weighted by Gasteiger charge is -2.26. The van der Waals surface area contributed by atoms with E-state index in [9.17, 15) is 9.59 Å². The Morgan fingerprint density at radius 2 is 1.91 bits per heavy atom. The molecule has 0 unspecified atom stereocenters. The maximum Gasteiger partial charge on any atom is 0.338 e. The van der Waals surface area contributed by atoms with E-state index in [1.807, 2.05) is 54.6 Å². The Labute approximate surface area is 262 Å². The minimum absolute atomic E-state index is 0.168. The van der Waals surface area contributed by atoms with E-state index >= 15 is 0 Å². The van der Waals surface area contributed by atoms with Gasteiger partial charge in [-0.05, 0) is 64.4 Å². The Bertz CT molecular complexity index is 2020. The first kappa shape index (κ1) is 28.8. The fourth-order valence-electron chi connectivity index (χ4n) is 4.63. The van der Waals surface area contributed by atoms with Gasteiger partial charge >= 0.3 is 5.97 Å². The third-order valence-corrected chi connectivity index (χ3v) is 9.17. The second-order valence-corrected chi connectivity index (χ2v) is 11.9. The SMILES string of the molecule is CCOC(=O)C1=C(c2ccccc2)N=c2s/c(=C/c3cc(Br)c(Sc4ncccn4)o3)c(=O)n2[C@@H]1c1cccc(OC)c1. The van der Waals surface area contributed by atoms with Crippen LogP contribution in [0.15, 0.2) is 114 Å². The van der Waals surface area contributed by atoms with E-state index in [0.717, 1.165) is 5.56 Å². The smallest absolute Gasteiger partial charge is 0.338 e. The van der Waals surface area contributed by atoms with Crippen LogP contribution in [0.25, 0.3) is 11.8 Å². The maximum atomic E-state index is 14.1. The lowest BCUT2D eigenvalue weighted by Crippen LogP contribution is -2.40. The average Bonchev–Trinajstić information content (AvgIpc) is 3.54. The number of carbonyl (C=O) groups is 1. The van der Waals surface area contributed by atoms with Gasteiger partial charge in [-0.1, -0.05) is 53.8 Å². The first-order valence-electron chi connectivity index (χ1n) is 13.1. The fourth-order valence-corrected chi connectivity index (χ4v) is 6.85. The summed E-state index contributed by atoms with van der Waals surface area (Å²) in [5.74, 6) is 0.502. The number of thiazole rings is 1. The van der Waals surface area contributed by atoms with Gasteiger partial charge in [0.2, 0.25) is 0 Å². The van der Waals surface area contributed by atoms with Crippen molar-refractivity contribution >= 4 is 56.8 Å². The quantitative estimate of drug-likeness (QED) is 0.162. The van der Waals surface area contributed by atoms with Crippen molar-refractivity contribution in [2.45, 2.75) is 23.2 Å². The van der Waals surface area contributed by atoms with Gasteiger partial charge in [-0.2, -0.15) is 0 Å². The number of hydrogen-bond donors (Lipinski definition) is 0. The van der Waals surface area contributed by atoms with Gasteiger partial charge in [-0.25, -0.2) is 19.8 Å². The number of ether oxygens (including phenoxy) is 2. The summed E-state index contributed by atoms with van der Waals surface area (Å²) < 4.78 is 19.7. The van der Waals surface area contributed by atoms with Crippen molar-refractivity contribution in [3.05, 3.63) is 126 Å². The summed E-state index contributed by atoms with van der Waals surface area (Å²) in [4.78, 5) is 41.5. The molecule has 1 aliphatic rings. The van der Waals surface area contributed by atoms with Crippen LogP contribution in [0.4, 0.5) is 0 Å². The van der Waals surface area contributed by atoms with Crippen molar-refractivity contribution in [1.82, 2.24) is 14.5 Å². The molecule has 3 aromatic heterocycles. The second kappa shape index (κ2) is 12.5. The topological polar surface area (TPSA) is 109 Å². The number of nitrogens with zero attached hydrogens (tertiary/aromatic N) is 4. The van der Waals surface area contributed by atoms with E-state index in [1.54, 1.807) is 44.6 Å². The highest BCUT2D eigenvalue weighted by Gasteiger charge is 2.35. The Morgan fingerprint density at radius 1 is 1.12 bits per heavy atom. The normalized spacial score (nSPS) is 14.8. The van der Waals surface area contributed by atoms with Crippen molar-refractivity contribution in [2.24, 2.45) is 4.99 Å². The molecular weight excluding hydrogens is 652 g/mol. The van der Waals surface area contributed by atoms with Crippen LogP contribution in [0.3, 0.4) is 0 Å². The number of furan rings is 1. The molecule has 0 fully saturated rings. The van der Waals surface area contributed by atoms with Crippen LogP contribution < -0.4 is 19.6 Å². The molecule has 1 aliphatic heterocycles. The Hall–Kier alpha value is -4.26. The number of hydrogen-bond acceptors (Lipinski definition) is 10. The summed E-state index contributed by atoms with van der Waals surface area (Å²) in [5.41, 5.74) is 1.81. The molecule has 0 saturated carbocycles. The van der Waals surface area contributed by atoms with Crippen LogP contribution in [0, 0.1) is 0 Å². The van der Waals surface area contributed by atoms with Crippen LogP contribution in [0.5, 0.6) is 5.75 Å². The average molecular weight is 676 g/mol. The number of halogens is 1. The van der Waals surface area contributed by atoms with Gasteiger partial charge in [-0.15, -0.1) is 0 Å². The van der Waals surface area contributed by atoms with Crippen molar-refractivity contribution in [3.8, 4) is 5.75 Å². The molecule has 0 aliphatic carbocycles. The van der Waals surface area contributed by atoms with Crippen LogP contribution >= 0.6 is 39.0 Å². The maximum absolute atomic E-state index is 14.1. The summed E-state index contributed by atoms with van der Waals surface area (Å²) in [7, 11) is 1.57. The van der Waals surface area contributed by atoms with Gasteiger partial charge < -0.3 is 13.9 Å². The lowest BCUT2D eigenvalue weighted by atomic mass is 9.93. The van der Waals surface area contributed by atoms with Crippen molar-refractivity contribution in [1.29, 1.82) is 0 Å². The molecule has 0 N–H and O–H groups in total. The Morgan fingerprint density at radius 3 is 2.65 bits per heavy atom.